The summed E-state index contributed by atoms with van der Waals surface area (Å²) in [7, 11) is 1.52. The van der Waals surface area contributed by atoms with Gasteiger partial charge in [0.1, 0.15) is 6.20 Å². The molecule has 0 aliphatic heterocycles. The molecular formula is C12H21N5O4. The van der Waals surface area contributed by atoms with E-state index in [-0.39, 0.29) is 24.2 Å². The Morgan fingerprint density at radius 1 is 1.57 bits per heavy atom. The molecule has 1 aromatic rings. The molecule has 9 heteroatoms. The zero-order chi connectivity index (χ0) is 15.7. The molecule has 3 N–H and O–H groups in total. The third-order valence-electron chi connectivity index (χ3n) is 2.69. The Morgan fingerprint density at radius 3 is 2.90 bits per heavy atom. The Kier molecular flexibility index (Phi) is 7.33. The summed E-state index contributed by atoms with van der Waals surface area (Å²) in [5, 5.41) is 25.9. The van der Waals surface area contributed by atoms with Gasteiger partial charge >= 0.3 is 5.69 Å². The third-order valence-corrected chi connectivity index (χ3v) is 2.69. The highest BCUT2D eigenvalue weighted by atomic mass is 16.6. The van der Waals surface area contributed by atoms with Crippen LogP contribution in [0.5, 0.6) is 0 Å². The molecule has 0 fully saturated rings. The van der Waals surface area contributed by atoms with Crippen LogP contribution in [0, 0.1) is 10.1 Å². The van der Waals surface area contributed by atoms with Crippen molar-refractivity contribution < 1.29 is 14.8 Å². The molecule has 0 saturated carbocycles. The second kappa shape index (κ2) is 9.03. The van der Waals surface area contributed by atoms with Gasteiger partial charge in [0.25, 0.3) is 0 Å². The summed E-state index contributed by atoms with van der Waals surface area (Å²) >= 11 is 0. The van der Waals surface area contributed by atoms with Gasteiger partial charge in [-0.05, 0) is 12.8 Å². The van der Waals surface area contributed by atoms with Gasteiger partial charge in [-0.15, -0.1) is 0 Å². The van der Waals surface area contributed by atoms with Gasteiger partial charge in [0, 0.05) is 20.3 Å². The van der Waals surface area contributed by atoms with Gasteiger partial charge in [0.05, 0.1) is 17.6 Å². The van der Waals surface area contributed by atoms with Crippen molar-refractivity contribution in [3.8, 4) is 0 Å². The second-order valence-corrected chi connectivity index (χ2v) is 4.42. The Hall–Kier alpha value is -2.00. The molecule has 1 unspecified atom stereocenters. The molecular weight excluding hydrogens is 278 g/mol. The van der Waals surface area contributed by atoms with Crippen molar-refractivity contribution in [1.29, 1.82) is 0 Å². The van der Waals surface area contributed by atoms with Gasteiger partial charge in [-0.2, -0.15) is 4.98 Å². The SMILES string of the molecule is CCCNc1ncc([N+](=O)[O-])c(NC(CCO)COC)n1. The summed E-state index contributed by atoms with van der Waals surface area (Å²) in [6, 6.07) is -0.271. The van der Waals surface area contributed by atoms with Crippen molar-refractivity contribution >= 4 is 17.5 Å². The lowest BCUT2D eigenvalue weighted by molar-refractivity contribution is -0.384. The van der Waals surface area contributed by atoms with Crippen molar-refractivity contribution in [2.24, 2.45) is 0 Å². The molecule has 0 saturated heterocycles. The first kappa shape index (κ1) is 17.1. The number of rotatable bonds is 10. The fourth-order valence-corrected chi connectivity index (χ4v) is 1.68. The van der Waals surface area contributed by atoms with E-state index in [9.17, 15) is 10.1 Å². The Bertz CT molecular complexity index is 451. The fraction of sp³-hybridized carbons (Fsp3) is 0.667. The first-order valence-corrected chi connectivity index (χ1v) is 6.74. The molecule has 0 aliphatic rings. The largest absolute Gasteiger partial charge is 0.396 e. The summed E-state index contributed by atoms with van der Waals surface area (Å²) in [5.74, 6) is 0.439. The highest BCUT2D eigenvalue weighted by Gasteiger charge is 2.20. The minimum absolute atomic E-state index is 0.0547. The molecule has 118 valence electrons. The van der Waals surface area contributed by atoms with E-state index in [1.165, 1.54) is 7.11 Å². The van der Waals surface area contributed by atoms with E-state index in [4.69, 9.17) is 9.84 Å². The van der Waals surface area contributed by atoms with Crippen molar-refractivity contribution in [1.82, 2.24) is 9.97 Å². The number of nitrogens with one attached hydrogen (secondary N) is 2. The number of methoxy groups -OCH3 is 1. The van der Waals surface area contributed by atoms with Crippen LogP contribution in [-0.4, -0.2) is 52.9 Å². The summed E-state index contributed by atoms with van der Waals surface area (Å²) in [5.41, 5.74) is -0.212. The minimum Gasteiger partial charge on any atom is -0.396 e. The standard InChI is InChI=1S/C12H21N5O4/c1-3-5-13-12-14-7-10(17(19)20)11(16-12)15-9(4-6-18)8-21-2/h7,9,18H,3-6,8H2,1-2H3,(H2,13,14,15,16). The monoisotopic (exact) mass is 299 g/mol. The molecule has 0 spiro atoms. The van der Waals surface area contributed by atoms with E-state index in [1.54, 1.807) is 0 Å². The number of hydrogen-bond donors (Lipinski definition) is 3. The number of nitro groups is 1. The molecule has 0 amide bonds. The first-order valence-electron chi connectivity index (χ1n) is 6.74. The van der Waals surface area contributed by atoms with E-state index in [0.717, 1.165) is 12.6 Å². The third kappa shape index (κ3) is 5.48. The summed E-state index contributed by atoms with van der Waals surface area (Å²) in [4.78, 5) is 18.5. The van der Waals surface area contributed by atoms with E-state index >= 15 is 0 Å². The molecule has 0 bridgehead atoms. The quantitative estimate of drug-likeness (QED) is 0.432. The van der Waals surface area contributed by atoms with E-state index in [0.29, 0.717) is 25.5 Å². The smallest absolute Gasteiger partial charge is 0.329 e. The van der Waals surface area contributed by atoms with Crippen molar-refractivity contribution in [2.75, 3.05) is 37.5 Å². The normalized spacial score (nSPS) is 12.0. The van der Waals surface area contributed by atoms with Gasteiger partial charge in [-0.3, -0.25) is 10.1 Å². The van der Waals surface area contributed by atoms with Crippen LogP contribution >= 0.6 is 0 Å². The van der Waals surface area contributed by atoms with Crippen LogP contribution in [0.1, 0.15) is 19.8 Å². The van der Waals surface area contributed by atoms with Crippen molar-refractivity contribution in [3.05, 3.63) is 16.3 Å². The van der Waals surface area contributed by atoms with E-state index < -0.39 is 4.92 Å². The Balaban J connectivity index is 2.95. The van der Waals surface area contributed by atoms with Crippen LogP contribution in [0.3, 0.4) is 0 Å². The van der Waals surface area contributed by atoms with Gasteiger partial charge in [0.15, 0.2) is 0 Å². The lowest BCUT2D eigenvalue weighted by Crippen LogP contribution is -2.27. The maximum absolute atomic E-state index is 11.0. The maximum Gasteiger partial charge on any atom is 0.329 e. The number of aliphatic hydroxyl groups excluding tert-OH is 1. The van der Waals surface area contributed by atoms with Crippen LogP contribution in [0.15, 0.2) is 6.20 Å². The predicted molar refractivity (Wildman–Crippen MR) is 78.5 cm³/mol. The van der Waals surface area contributed by atoms with Crippen molar-refractivity contribution in [3.63, 3.8) is 0 Å². The van der Waals surface area contributed by atoms with Gasteiger partial charge < -0.3 is 20.5 Å². The number of hydrogen-bond acceptors (Lipinski definition) is 8. The fourth-order valence-electron chi connectivity index (χ4n) is 1.68. The average molecular weight is 299 g/mol. The molecule has 0 aliphatic carbocycles. The zero-order valence-corrected chi connectivity index (χ0v) is 12.2. The highest BCUT2D eigenvalue weighted by Crippen LogP contribution is 2.23. The molecule has 1 heterocycles. The molecule has 9 nitrogen and oxygen atoms in total. The van der Waals surface area contributed by atoms with E-state index in [2.05, 4.69) is 20.6 Å². The number of anilines is 2. The van der Waals surface area contributed by atoms with Gasteiger partial charge in [-0.25, -0.2) is 4.98 Å². The second-order valence-electron chi connectivity index (χ2n) is 4.42. The van der Waals surface area contributed by atoms with Crippen molar-refractivity contribution in [2.45, 2.75) is 25.8 Å². The summed E-state index contributed by atoms with van der Waals surface area (Å²) in [6.07, 6.45) is 2.45. The van der Waals surface area contributed by atoms with Crippen LogP contribution in [0.2, 0.25) is 0 Å². The van der Waals surface area contributed by atoms with Crippen LogP contribution in [0.25, 0.3) is 0 Å². The number of aromatic nitrogens is 2. The summed E-state index contributed by atoms with van der Waals surface area (Å²) in [6.45, 7) is 2.92. The maximum atomic E-state index is 11.0. The molecule has 0 radical (unpaired) electrons. The Labute approximate surface area is 122 Å². The average Bonchev–Trinajstić information content (AvgIpc) is 2.45. The van der Waals surface area contributed by atoms with E-state index in [1.807, 2.05) is 6.92 Å². The molecule has 21 heavy (non-hydrogen) atoms. The van der Waals surface area contributed by atoms with Crippen LogP contribution < -0.4 is 10.6 Å². The lowest BCUT2D eigenvalue weighted by atomic mass is 10.2. The van der Waals surface area contributed by atoms with Gasteiger partial charge in [-0.1, -0.05) is 6.92 Å². The number of ether oxygens (including phenoxy) is 1. The highest BCUT2D eigenvalue weighted by molar-refractivity contribution is 5.57. The number of aliphatic hydroxyl groups is 1. The topological polar surface area (TPSA) is 122 Å². The number of nitrogens with zero attached hydrogens (tertiary/aromatic N) is 3. The molecule has 1 rings (SSSR count). The molecule has 1 atom stereocenters. The van der Waals surface area contributed by atoms with Gasteiger partial charge in [0.2, 0.25) is 11.8 Å². The minimum atomic E-state index is -0.547. The predicted octanol–water partition coefficient (Wildman–Crippen LogP) is 1.02. The Morgan fingerprint density at radius 2 is 2.33 bits per heavy atom. The molecule has 0 aromatic carbocycles. The lowest BCUT2D eigenvalue weighted by Gasteiger charge is -2.17. The first-order chi connectivity index (χ1) is 10.1. The zero-order valence-electron chi connectivity index (χ0n) is 12.2. The summed E-state index contributed by atoms with van der Waals surface area (Å²) < 4.78 is 5.02. The molecule has 1 aromatic heterocycles. The van der Waals surface area contributed by atoms with Crippen LogP contribution in [0.4, 0.5) is 17.5 Å². The van der Waals surface area contributed by atoms with Crippen LogP contribution in [-0.2, 0) is 4.74 Å².